The first-order chi connectivity index (χ1) is 26.5. The number of esters is 1. The fourth-order valence-electron chi connectivity index (χ4n) is 8.11. The number of H-pyrrole nitrogens is 2. The molecule has 7 rings (SSSR count). The summed E-state index contributed by atoms with van der Waals surface area (Å²) in [5.74, 6) is -0.550. The molecule has 2 saturated heterocycles. The summed E-state index contributed by atoms with van der Waals surface area (Å²) in [6.07, 6.45) is 6.23. The molecule has 2 aromatic heterocycles. The molecule has 13 nitrogen and oxygen atoms in total. The second kappa shape index (κ2) is 15.6. The van der Waals surface area contributed by atoms with E-state index in [1.807, 2.05) is 45.0 Å². The van der Waals surface area contributed by atoms with Crippen LogP contribution >= 0.6 is 0 Å². The first-order valence-corrected chi connectivity index (χ1v) is 19.1. The number of ether oxygens (including phenoxy) is 2. The van der Waals surface area contributed by atoms with Crippen molar-refractivity contribution in [2.75, 3.05) is 27.3 Å². The summed E-state index contributed by atoms with van der Waals surface area (Å²) in [6.45, 7) is 8.69. The van der Waals surface area contributed by atoms with Gasteiger partial charge in [-0.15, -0.1) is 0 Å². The Balaban J connectivity index is 1.09. The number of benzene rings is 3. The Hall–Kier alpha value is -5.72. The van der Waals surface area contributed by atoms with E-state index >= 15 is 0 Å². The fourth-order valence-corrected chi connectivity index (χ4v) is 8.11. The van der Waals surface area contributed by atoms with E-state index in [1.54, 1.807) is 4.90 Å². The van der Waals surface area contributed by atoms with Gasteiger partial charge in [0, 0.05) is 24.2 Å². The van der Waals surface area contributed by atoms with Crippen LogP contribution in [0.4, 0.5) is 4.79 Å². The number of amides is 3. The van der Waals surface area contributed by atoms with Crippen LogP contribution in [0.3, 0.4) is 0 Å². The van der Waals surface area contributed by atoms with Gasteiger partial charge in [0.15, 0.2) is 0 Å². The molecule has 0 saturated carbocycles. The van der Waals surface area contributed by atoms with Gasteiger partial charge in [0.2, 0.25) is 11.8 Å². The van der Waals surface area contributed by atoms with Gasteiger partial charge < -0.3 is 34.6 Å². The maximum atomic E-state index is 13.6. The zero-order valence-electron chi connectivity index (χ0n) is 32.2. The van der Waals surface area contributed by atoms with Gasteiger partial charge in [-0.2, -0.15) is 0 Å². The van der Waals surface area contributed by atoms with Crippen molar-refractivity contribution in [3.8, 4) is 22.5 Å². The maximum Gasteiger partial charge on any atom is 0.407 e. The van der Waals surface area contributed by atoms with Crippen LogP contribution in [0.1, 0.15) is 77.1 Å². The van der Waals surface area contributed by atoms with Crippen molar-refractivity contribution >= 4 is 45.4 Å². The molecule has 55 heavy (non-hydrogen) atoms. The summed E-state index contributed by atoms with van der Waals surface area (Å²) in [6, 6.07) is 15.9. The number of nitrogens with one attached hydrogen (secondary N) is 3. The summed E-state index contributed by atoms with van der Waals surface area (Å²) in [5.41, 5.74) is 3.69. The highest BCUT2D eigenvalue weighted by Gasteiger charge is 2.41. The number of nitrogens with zero attached hydrogens (tertiary/aromatic N) is 4. The second-order valence-corrected chi connectivity index (χ2v) is 15.3. The van der Waals surface area contributed by atoms with E-state index in [9.17, 15) is 19.2 Å². The molecule has 4 atom stereocenters. The largest absolute Gasteiger partial charge is 0.468 e. The van der Waals surface area contributed by atoms with Gasteiger partial charge in [-0.1, -0.05) is 52.0 Å². The van der Waals surface area contributed by atoms with Crippen LogP contribution in [-0.4, -0.2) is 87.0 Å². The highest BCUT2D eigenvalue weighted by atomic mass is 16.5. The lowest BCUT2D eigenvalue weighted by Gasteiger charge is -2.30. The molecular weight excluding hydrogens is 699 g/mol. The van der Waals surface area contributed by atoms with Crippen LogP contribution in [0.15, 0.2) is 60.9 Å². The Morgan fingerprint density at radius 1 is 0.691 bits per heavy atom. The van der Waals surface area contributed by atoms with Gasteiger partial charge >= 0.3 is 12.1 Å². The third-order valence-corrected chi connectivity index (χ3v) is 11.1. The van der Waals surface area contributed by atoms with E-state index in [4.69, 9.17) is 19.4 Å². The van der Waals surface area contributed by atoms with Crippen molar-refractivity contribution in [1.82, 2.24) is 35.1 Å². The molecule has 0 spiro atoms. The topological polar surface area (TPSA) is 163 Å². The van der Waals surface area contributed by atoms with Gasteiger partial charge in [0.05, 0.1) is 50.1 Å². The number of fused-ring (bicyclic) bond motifs is 2. The zero-order chi connectivity index (χ0) is 39.0. The predicted octanol–water partition coefficient (Wildman–Crippen LogP) is 6.93. The van der Waals surface area contributed by atoms with Crippen LogP contribution in [0.25, 0.3) is 44.1 Å². The third-order valence-electron chi connectivity index (χ3n) is 11.1. The van der Waals surface area contributed by atoms with Crippen molar-refractivity contribution in [2.24, 2.45) is 17.8 Å². The van der Waals surface area contributed by atoms with Crippen LogP contribution in [-0.2, 0) is 23.9 Å². The molecule has 288 valence electrons. The van der Waals surface area contributed by atoms with Crippen molar-refractivity contribution in [2.45, 2.75) is 71.5 Å². The summed E-state index contributed by atoms with van der Waals surface area (Å²) in [4.78, 5) is 71.5. The third kappa shape index (κ3) is 7.39. The second-order valence-electron chi connectivity index (χ2n) is 15.3. The summed E-state index contributed by atoms with van der Waals surface area (Å²) in [7, 11) is 2.61. The Bertz CT molecular complexity index is 2240. The van der Waals surface area contributed by atoms with E-state index in [0.717, 1.165) is 75.6 Å². The molecule has 2 aliphatic heterocycles. The van der Waals surface area contributed by atoms with Crippen LogP contribution in [0.5, 0.6) is 0 Å². The van der Waals surface area contributed by atoms with E-state index < -0.39 is 24.0 Å². The molecule has 0 bridgehead atoms. The highest BCUT2D eigenvalue weighted by Crippen LogP contribution is 2.36. The molecule has 3 N–H and O–H groups in total. The minimum Gasteiger partial charge on any atom is -0.468 e. The lowest BCUT2D eigenvalue weighted by atomic mass is 9.94. The van der Waals surface area contributed by atoms with Crippen LogP contribution in [0.2, 0.25) is 0 Å². The Labute approximate surface area is 320 Å². The fraction of sp³-hybridized carbons (Fsp3) is 0.429. The van der Waals surface area contributed by atoms with Gasteiger partial charge in [0.25, 0.3) is 0 Å². The number of carbonyl (C=O) groups is 4. The molecule has 2 fully saturated rings. The van der Waals surface area contributed by atoms with Crippen LogP contribution < -0.4 is 5.32 Å². The summed E-state index contributed by atoms with van der Waals surface area (Å²) < 4.78 is 9.73. The predicted molar refractivity (Wildman–Crippen MR) is 209 cm³/mol. The number of likely N-dealkylation sites (tertiary alicyclic amines) is 2. The van der Waals surface area contributed by atoms with E-state index in [-0.39, 0.29) is 35.7 Å². The SMILES string of the molecule is COC(=O)NC(C(=O)N1CCCC1c1ncc(-c2ccc3cc4cc(-c5cnc(C6CCCN6C(=O)C(C(=O)OC)C(C)C)[nH]5)ccc4cc3c2)[nH]1)C(C)C. The molecule has 0 aliphatic carbocycles. The number of aromatic nitrogens is 4. The Kier molecular flexibility index (Phi) is 10.6. The van der Waals surface area contributed by atoms with Gasteiger partial charge in [-0.3, -0.25) is 14.4 Å². The van der Waals surface area contributed by atoms with Crippen LogP contribution in [0, 0.1) is 17.8 Å². The van der Waals surface area contributed by atoms with Crippen molar-refractivity contribution in [1.29, 1.82) is 0 Å². The van der Waals surface area contributed by atoms with E-state index in [0.29, 0.717) is 18.9 Å². The van der Waals surface area contributed by atoms with Crippen molar-refractivity contribution < 1.29 is 28.7 Å². The lowest BCUT2D eigenvalue weighted by Crippen LogP contribution is -2.51. The minimum absolute atomic E-state index is 0.107. The highest BCUT2D eigenvalue weighted by molar-refractivity contribution is 6.01. The molecular formula is C42H49N7O6. The molecule has 13 heteroatoms. The molecule has 3 amide bonds. The normalized spacial score (nSPS) is 18.3. The van der Waals surface area contributed by atoms with Gasteiger partial charge in [0.1, 0.15) is 23.6 Å². The number of hydrogen-bond donors (Lipinski definition) is 3. The van der Waals surface area contributed by atoms with E-state index in [2.05, 4.69) is 63.8 Å². The molecule has 4 heterocycles. The minimum atomic E-state index is -0.842. The quantitative estimate of drug-likeness (QED) is 0.0788. The average molecular weight is 748 g/mol. The number of methoxy groups -OCH3 is 2. The maximum absolute atomic E-state index is 13.6. The summed E-state index contributed by atoms with van der Waals surface area (Å²) in [5, 5.41) is 7.05. The molecule has 4 unspecified atom stereocenters. The number of rotatable bonds is 10. The first-order valence-electron chi connectivity index (χ1n) is 19.1. The lowest BCUT2D eigenvalue weighted by molar-refractivity contribution is -0.156. The molecule has 5 aromatic rings. The summed E-state index contributed by atoms with van der Waals surface area (Å²) >= 11 is 0. The monoisotopic (exact) mass is 747 g/mol. The molecule has 2 aliphatic rings. The van der Waals surface area contributed by atoms with E-state index in [1.165, 1.54) is 14.2 Å². The van der Waals surface area contributed by atoms with Gasteiger partial charge in [-0.05, 0) is 83.3 Å². The Morgan fingerprint density at radius 2 is 1.20 bits per heavy atom. The smallest absolute Gasteiger partial charge is 0.407 e. The number of carbonyl (C=O) groups excluding carboxylic acids is 4. The van der Waals surface area contributed by atoms with Crippen molar-refractivity contribution in [3.05, 3.63) is 72.6 Å². The number of imidazole rings is 2. The van der Waals surface area contributed by atoms with Gasteiger partial charge in [-0.25, -0.2) is 14.8 Å². The number of hydrogen-bond acceptors (Lipinski definition) is 8. The molecule has 3 aromatic carbocycles. The average Bonchev–Trinajstić information content (AvgIpc) is 4.01. The standard InChI is InChI=1S/C42H49N7O6/c1-23(2)35(41(52)54-5)39(50)48-15-7-9-33(48)37-43-21-31(45-37)27-13-11-25-18-30-20-28(14-12-26(30)17-29(25)19-27)32-22-44-38(46-32)34-10-8-16-49(34)40(51)36(24(3)4)47-42(53)55-6/h11-14,17-24,33-36H,7-10,15-16H2,1-6H3,(H,43,45)(H,44,46)(H,47,53). The number of aromatic amines is 2. The number of alkyl carbamates (subject to hydrolysis) is 1. The Morgan fingerprint density at radius 3 is 1.65 bits per heavy atom. The first kappa shape index (κ1) is 37.6. The zero-order valence-corrected chi connectivity index (χ0v) is 32.2. The molecule has 0 radical (unpaired) electrons. The van der Waals surface area contributed by atoms with Crippen molar-refractivity contribution in [3.63, 3.8) is 0 Å².